The summed E-state index contributed by atoms with van der Waals surface area (Å²) in [4.78, 5) is 7.68. The topological polar surface area (TPSA) is 25.2 Å². The number of thiocarbonyl (C=S) groups is 1. The van der Waals surface area contributed by atoms with Gasteiger partial charge < -0.3 is 0 Å². The van der Waals surface area contributed by atoms with E-state index in [1.54, 1.807) is 0 Å². The van der Waals surface area contributed by atoms with Gasteiger partial charge in [0.25, 0.3) is 0 Å². The molecular weight excluding hydrogens is 379 g/mol. The summed E-state index contributed by atoms with van der Waals surface area (Å²) in [7, 11) is 0. The average molecular weight is 407 g/mol. The van der Waals surface area contributed by atoms with Gasteiger partial charge in [0.2, 0.25) is 0 Å². The third-order valence-corrected chi connectivity index (χ3v) is 5.88. The van der Waals surface area contributed by atoms with Crippen LogP contribution in [0.25, 0.3) is 0 Å². The SMILES string of the molecule is CCCCCC1CCC(c2ccc(C#Cc3cnc(N=C=S)cc3F)cc2)CC1. The molecule has 2 nitrogen and oxygen atoms in total. The number of isothiocyanates is 1. The number of hydrogen-bond acceptors (Lipinski definition) is 3. The lowest BCUT2D eigenvalue weighted by molar-refractivity contribution is 0.303. The van der Waals surface area contributed by atoms with E-state index < -0.39 is 5.82 Å². The molecule has 3 rings (SSSR count). The Kier molecular flexibility index (Phi) is 8.11. The monoisotopic (exact) mass is 406 g/mol. The number of hydrogen-bond donors (Lipinski definition) is 0. The minimum atomic E-state index is -0.455. The predicted octanol–water partition coefficient (Wildman–Crippen LogP) is 7.21. The van der Waals surface area contributed by atoms with Crippen molar-refractivity contribution in [3.05, 3.63) is 59.0 Å². The second-order valence-corrected chi connectivity index (χ2v) is 7.99. The van der Waals surface area contributed by atoms with Crippen LogP contribution >= 0.6 is 12.2 Å². The van der Waals surface area contributed by atoms with Gasteiger partial charge >= 0.3 is 0 Å². The minimum absolute atomic E-state index is 0.201. The van der Waals surface area contributed by atoms with Crippen LogP contribution in [-0.2, 0) is 0 Å². The van der Waals surface area contributed by atoms with Crippen LogP contribution in [0.15, 0.2) is 41.5 Å². The molecule has 0 N–H and O–H groups in total. The van der Waals surface area contributed by atoms with Crippen molar-refractivity contribution in [2.45, 2.75) is 64.2 Å². The molecule has 1 aromatic heterocycles. The molecule has 1 aliphatic carbocycles. The number of benzene rings is 1. The van der Waals surface area contributed by atoms with Crippen LogP contribution in [0.4, 0.5) is 10.2 Å². The summed E-state index contributed by atoms with van der Waals surface area (Å²) in [6.45, 7) is 2.27. The van der Waals surface area contributed by atoms with Crippen molar-refractivity contribution in [2.24, 2.45) is 10.9 Å². The lowest BCUT2D eigenvalue weighted by atomic mass is 9.77. The molecule has 0 unspecified atom stereocenters. The van der Waals surface area contributed by atoms with Gasteiger partial charge in [0, 0.05) is 17.8 Å². The minimum Gasteiger partial charge on any atom is -0.235 e. The van der Waals surface area contributed by atoms with Crippen molar-refractivity contribution >= 4 is 23.2 Å². The molecule has 1 heterocycles. The molecule has 2 aromatic rings. The first-order valence-electron chi connectivity index (χ1n) is 10.5. The van der Waals surface area contributed by atoms with E-state index in [-0.39, 0.29) is 11.4 Å². The van der Waals surface area contributed by atoms with E-state index in [2.05, 4.69) is 58.3 Å². The third kappa shape index (κ3) is 6.32. The summed E-state index contributed by atoms with van der Waals surface area (Å²) in [5, 5.41) is 2.18. The molecule has 1 aromatic carbocycles. The van der Waals surface area contributed by atoms with E-state index in [1.807, 2.05) is 12.1 Å². The molecule has 150 valence electrons. The zero-order valence-corrected chi connectivity index (χ0v) is 17.8. The van der Waals surface area contributed by atoms with Crippen molar-refractivity contribution in [1.82, 2.24) is 4.98 Å². The number of pyridine rings is 1. The molecule has 0 aliphatic heterocycles. The van der Waals surface area contributed by atoms with Gasteiger partial charge in [-0.3, -0.25) is 0 Å². The Morgan fingerprint density at radius 3 is 2.52 bits per heavy atom. The summed E-state index contributed by atoms with van der Waals surface area (Å²) >= 11 is 4.50. The Hall–Kier alpha value is -2.34. The maximum absolute atomic E-state index is 14.0. The summed E-state index contributed by atoms with van der Waals surface area (Å²) in [6, 6.07) is 9.64. The van der Waals surface area contributed by atoms with Crippen molar-refractivity contribution < 1.29 is 4.39 Å². The van der Waals surface area contributed by atoms with Gasteiger partial charge in [-0.15, -0.1) is 0 Å². The maximum Gasteiger partial charge on any atom is 0.165 e. The number of halogens is 1. The molecule has 0 atom stereocenters. The van der Waals surface area contributed by atoms with Gasteiger partial charge in [0.15, 0.2) is 5.82 Å². The van der Waals surface area contributed by atoms with Gasteiger partial charge in [-0.2, -0.15) is 4.99 Å². The Labute approximate surface area is 178 Å². The molecule has 0 amide bonds. The van der Waals surface area contributed by atoms with Crippen LogP contribution in [0.5, 0.6) is 0 Å². The first kappa shape index (κ1) is 21.4. The summed E-state index contributed by atoms with van der Waals surface area (Å²) < 4.78 is 14.0. The van der Waals surface area contributed by atoms with E-state index in [1.165, 1.54) is 69.2 Å². The zero-order valence-electron chi connectivity index (χ0n) is 17.0. The first-order valence-corrected chi connectivity index (χ1v) is 11.0. The average Bonchev–Trinajstić information content (AvgIpc) is 2.75. The lowest BCUT2D eigenvalue weighted by Crippen LogP contribution is -2.13. The van der Waals surface area contributed by atoms with Crippen LogP contribution in [0.3, 0.4) is 0 Å². The Morgan fingerprint density at radius 1 is 1.10 bits per heavy atom. The highest BCUT2D eigenvalue weighted by molar-refractivity contribution is 7.78. The van der Waals surface area contributed by atoms with Crippen LogP contribution in [0.1, 0.15) is 80.9 Å². The van der Waals surface area contributed by atoms with Gasteiger partial charge in [-0.05, 0) is 67.4 Å². The second kappa shape index (κ2) is 11.0. The highest BCUT2D eigenvalue weighted by atomic mass is 32.1. The number of nitrogens with zero attached hydrogens (tertiary/aromatic N) is 2. The molecular formula is C25H27FN2S. The summed E-state index contributed by atoms with van der Waals surface area (Å²) in [5.41, 5.74) is 2.53. The largest absolute Gasteiger partial charge is 0.235 e. The first-order chi connectivity index (χ1) is 14.2. The smallest absolute Gasteiger partial charge is 0.165 e. The molecule has 4 heteroatoms. The van der Waals surface area contributed by atoms with Crippen molar-refractivity contribution in [3.63, 3.8) is 0 Å². The Bertz CT molecular complexity index is 912. The number of rotatable bonds is 6. The number of aliphatic imine (C=N–C) groups is 1. The van der Waals surface area contributed by atoms with E-state index >= 15 is 0 Å². The molecule has 0 radical (unpaired) electrons. The molecule has 1 aliphatic rings. The molecule has 1 fully saturated rings. The lowest BCUT2D eigenvalue weighted by Gasteiger charge is -2.29. The molecule has 1 saturated carbocycles. The van der Waals surface area contributed by atoms with Crippen molar-refractivity contribution in [2.75, 3.05) is 0 Å². The number of aromatic nitrogens is 1. The fourth-order valence-electron chi connectivity index (χ4n) is 4.07. The van der Waals surface area contributed by atoms with E-state index in [9.17, 15) is 4.39 Å². The fraction of sp³-hybridized carbons (Fsp3) is 0.440. The molecule has 0 saturated heterocycles. The molecule has 29 heavy (non-hydrogen) atoms. The highest BCUT2D eigenvalue weighted by Crippen LogP contribution is 2.37. The van der Waals surface area contributed by atoms with Crippen LogP contribution in [0.2, 0.25) is 0 Å². The summed E-state index contributed by atoms with van der Waals surface area (Å²) in [6.07, 6.45) is 12.1. The van der Waals surface area contributed by atoms with Crippen LogP contribution < -0.4 is 0 Å². The predicted molar refractivity (Wildman–Crippen MR) is 120 cm³/mol. The van der Waals surface area contributed by atoms with Gasteiger partial charge in [-0.1, -0.05) is 56.6 Å². The van der Waals surface area contributed by atoms with Gasteiger partial charge in [0.05, 0.1) is 10.7 Å². The maximum atomic E-state index is 14.0. The fourth-order valence-corrected chi connectivity index (χ4v) is 4.16. The highest BCUT2D eigenvalue weighted by Gasteiger charge is 2.21. The van der Waals surface area contributed by atoms with E-state index in [0.29, 0.717) is 5.92 Å². The number of unbranched alkanes of at least 4 members (excludes halogenated alkanes) is 2. The normalized spacial score (nSPS) is 18.4. The van der Waals surface area contributed by atoms with Crippen LogP contribution in [-0.4, -0.2) is 10.1 Å². The van der Waals surface area contributed by atoms with Gasteiger partial charge in [0.1, 0.15) is 5.82 Å². The molecule has 0 spiro atoms. The van der Waals surface area contributed by atoms with Crippen molar-refractivity contribution in [3.8, 4) is 11.8 Å². The second-order valence-electron chi connectivity index (χ2n) is 7.81. The van der Waals surface area contributed by atoms with Crippen molar-refractivity contribution in [1.29, 1.82) is 0 Å². The quantitative estimate of drug-likeness (QED) is 0.219. The zero-order chi connectivity index (χ0) is 20.5. The third-order valence-electron chi connectivity index (χ3n) is 5.79. The van der Waals surface area contributed by atoms with E-state index in [0.717, 1.165) is 11.5 Å². The van der Waals surface area contributed by atoms with E-state index in [4.69, 9.17) is 0 Å². The summed E-state index contributed by atoms with van der Waals surface area (Å²) in [5.74, 6) is 7.21. The Morgan fingerprint density at radius 2 is 1.86 bits per heavy atom. The van der Waals surface area contributed by atoms with Crippen LogP contribution in [0, 0.1) is 23.6 Å². The Balaban J connectivity index is 1.58. The van der Waals surface area contributed by atoms with Gasteiger partial charge in [-0.25, -0.2) is 9.37 Å². The molecule has 0 bridgehead atoms. The standard InChI is InChI=1S/C25H27FN2S/c1-2-3-4-5-19-6-11-21(12-7-19)22-13-8-20(9-14-22)10-15-23-17-27-25(28-18-29)16-24(23)26/h8-9,13-14,16-17,19,21H,2-7,11-12H2,1H3.